The summed E-state index contributed by atoms with van der Waals surface area (Å²) in [6.45, 7) is 9.03. The molecule has 0 saturated heterocycles. The van der Waals surface area contributed by atoms with Crippen LogP contribution in [-0.2, 0) is 11.3 Å². The maximum absolute atomic E-state index is 11.6. The van der Waals surface area contributed by atoms with Crippen LogP contribution in [-0.4, -0.2) is 17.9 Å². The Balaban J connectivity index is 2.48. The lowest BCUT2D eigenvalue weighted by Gasteiger charge is -2.21. The van der Waals surface area contributed by atoms with E-state index in [2.05, 4.69) is 63.2 Å². The van der Waals surface area contributed by atoms with Crippen LogP contribution in [0.3, 0.4) is 0 Å². The van der Waals surface area contributed by atoms with E-state index >= 15 is 0 Å². The minimum absolute atomic E-state index is 0.0867. The highest BCUT2D eigenvalue weighted by Crippen LogP contribution is 2.31. The Morgan fingerprint density at radius 3 is 2.26 bits per heavy atom. The third-order valence-electron chi connectivity index (χ3n) is 4.69. The Bertz CT molecular complexity index is 661. The van der Waals surface area contributed by atoms with E-state index < -0.39 is 0 Å². The van der Waals surface area contributed by atoms with Crippen molar-refractivity contribution in [1.29, 1.82) is 0 Å². The summed E-state index contributed by atoms with van der Waals surface area (Å²) in [4.78, 5) is 13.3. The molecule has 0 heterocycles. The molecule has 0 radical (unpaired) electrons. The first kappa shape index (κ1) is 17.3. The van der Waals surface area contributed by atoms with Crippen LogP contribution in [0.4, 0.5) is 0 Å². The fourth-order valence-electron chi connectivity index (χ4n) is 2.65. The molecule has 1 atom stereocenters. The van der Waals surface area contributed by atoms with Gasteiger partial charge in [-0.05, 0) is 34.1 Å². The number of nitrogens with zero attached hydrogens (tertiary/aromatic N) is 1. The van der Waals surface area contributed by atoms with Crippen molar-refractivity contribution in [2.45, 2.75) is 40.2 Å². The van der Waals surface area contributed by atoms with Gasteiger partial charge in [-0.25, -0.2) is 0 Å². The molecule has 0 aromatic heterocycles. The highest BCUT2D eigenvalue weighted by Gasteiger charge is 2.15. The molecule has 2 nitrogen and oxygen atoms in total. The molecule has 0 fully saturated rings. The van der Waals surface area contributed by atoms with Gasteiger partial charge in [0.15, 0.2) is 0 Å². The molecule has 0 aliphatic carbocycles. The van der Waals surface area contributed by atoms with Crippen molar-refractivity contribution in [3.8, 4) is 11.1 Å². The Hall–Kier alpha value is -2.09. The lowest BCUT2D eigenvalue weighted by Crippen LogP contribution is -2.23. The minimum Gasteiger partial charge on any atom is -0.342 e. The lowest BCUT2D eigenvalue weighted by molar-refractivity contribution is -0.128. The maximum Gasteiger partial charge on any atom is 0.219 e. The molecular formula is C21H27NO. The maximum atomic E-state index is 11.6. The van der Waals surface area contributed by atoms with E-state index in [1.807, 2.05) is 13.1 Å². The van der Waals surface area contributed by atoms with E-state index in [9.17, 15) is 4.79 Å². The summed E-state index contributed by atoms with van der Waals surface area (Å²) < 4.78 is 0. The quantitative estimate of drug-likeness (QED) is 0.753. The SMILES string of the molecule is CC(=O)N(C)Cc1ccc(C(C)C(C)C)cc1-c1ccccc1. The van der Waals surface area contributed by atoms with Gasteiger partial charge in [-0.15, -0.1) is 0 Å². The van der Waals surface area contributed by atoms with Crippen LogP contribution >= 0.6 is 0 Å². The first-order valence-corrected chi connectivity index (χ1v) is 8.30. The smallest absolute Gasteiger partial charge is 0.219 e. The van der Waals surface area contributed by atoms with E-state index in [0.29, 0.717) is 18.4 Å². The molecule has 1 unspecified atom stereocenters. The van der Waals surface area contributed by atoms with Crippen molar-refractivity contribution >= 4 is 5.91 Å². The number of carbonyl (C=O) groups is 1. The molecule has 2 aromatic carbocycles. The highest BCUT2D eigenvalue weighted by atomic mass is 16.2. The molecule has 0 aliphatic rings. The van der Waals surface area contributed by atoms with E-state index in [0.717, 1.165) is 0 Å². The van der Waals surface area contributed by atoms with Crippen LogP contribution < -0.4 is 0 Å². The fraction of sp³-hybridized carbons (Fsp3) is 0.381. The van der Waals surface area contributed by atoms with Crippen molar-refractivity contribution in [2.75, 3.05) is 7.05 Å². The van der Waals surface area contributed by atoms with Crippen molar-refractivity contribution in [3.63, 3.8) is 0 Å². The lowest BCUT2D eigenvalue weighted by atomic mass is 9.87. The fourth-order valence-corrected chi connectivity index (χ4v) is 2.65. The summed E-state index contributed by atoms with van der Waals surface area (Å²) in [7, 11) is 1.85. The van der Waals surface area contributed by atoms with E-state index in [1.165, 1.54) is 22.3 Å². The van der Waals surface area contributed by atoms with Crippen LogP contribution in [0.2, 0.25) is 0 Å². The molecule has 2 heteroatoms. The number of hydrogen-bond donors (Lipinski definition) is 0. The second kappa shape index (κ2) is 7.45. The average Bonchev–Trinajstić information content (AvgIpc) is 2.55. The highest BCUT2D eigenvalue weighted by molar-refractivity contribution is 5.74. The molecule has 2 rings (SSSR count). The molecule has 122 valence electrons. The number of carbonyl (C=O) groups excluding carboxylic acids is 1. The van der Waals surface area contributed by atoms with Gasteiger partial charge in [-0.3, -0.25) is 4.79 Å². The van der Waals surface area contributed by atoms with Gasteiger partial charge >= 0.3 is 0 Å². The molecule has 0 saturated carbocycles. The zero-order chi connectivity index (χ0) is 17.0. The first-order valence-electron chi connectivity index (χ1n) is 8.30. The standard InChI is InChI=1S/C21H27NO/c1-15(2)16(3)19-11-12-20(14-22(5)17(4)23)21(13-19)18-9-7-6-8-10-18/h6-13,15-16H,14H2,1-5H3. The number of amides is 1. The van der Waals surface area contributed by atoms with Gasteiger partial charge in [0.2, 0.25) is 5.91 Å². The summed E-state index contributed by atoms with van der Waals surface area (Å²) in [5, 5.41) is 0. The van der Waals surface area contributed by atoms with Crippen LogP contribution in [0.15, 0.2) is 48.5 Å². The summed E-state index contributed by atoms with van der Waals surface area (Å²) in [6.07, 6.45) is 0. The molecular weight excluding hydrogens is 282 g/mol. The summed E-state index contributed by atoms with van der Waals surface area (Å²) >= 11 is 0. The largest absolute Gasteiger partial charge is 0.342 e. The Morgan fingerprint density at radius 2 is 1.70 bits per heavy atom. The van der Waals surface area contributed by atoms with Gasteiger partial charge in [-0.2, -0.15) is 0 Å². The average molecular weight is 309 g/mol. The Kier molecular flexibility index (Phi) is 5.59. The number of rotatable bonds is 5. The number of hydrogen-bond acceptors (Lipinski definition) is 1. The van der Waals surface area contributed by atoms with Crippen LogP contribution in [0, 0.1) is 5.92 Å². The predicted molar refractivity (Wildman–Crippen MR) is 97.3 cm³/mol. The first-order chi connectivity index (χ1) is 10.9. The van der Waals surface area contributed by atoms with Crippen LogP contribution in [0.5, 0.6) is 0 Å². The normalized spacial score (nSPS) is 12.3. The molecule has 2 aromatic rings. The van der Waals surface area contributed by atoms with Crippen molar-refractivity contribution in [1.82, 2.24) is 4.90 Å². The molecule has 0 spiro atoms. The van der Waals surface area contributed by atoms with Gasteiger partial charge in [0.1, 0.15) is 0 Å². The van der Waals surface area contributed by atoms with Crippen molar-refractivity contribution in [2.24, 2.45) is 5.92 Å². The van der Waals surface area contributed by atoms with Gasteiger partial charge in [0.05, 0.1) is 0 Å². The summed E-state index contributed by atoms with van der Waals surface area (Å²) in [5.74, 6) is 1.20. The van der Waals surface area contributed by atoms with Crippen LogP contribution in [0.25, 0.3) is 11.1 Å². The summed E-state index contributed by atoms with van der Waals surface area (Å²) in [5.41, 5.74) is 4.97. The Labute approximate surface area is 140 Å². The van der Waals surface area contributed by atoms with E-state index in [-0.39, 0.29) is 5.91 Å². The Morgan fingerprint density at radius 1 is 1.04 bits per heavy atom. The van der Waals surface area contributed by atoms with Gasteiger partial charge in [0.25, 0.3) is 0 Å². The zero-order valence-corrected chi connectivity index (χ0v) is 14.8. The van der Waals surface area contributed by atoms with E-state index in [4.69, 9.17) is 0 Å². The van der Waals surface area contributed by atoms with Gasteiger partial charge < -0.3 is 4.90 Å². The second-order valence-electron chi connectivity index (χ2n) is 6.69. The third kappa shape index (κ3) is 4.22. The zero-order valence-electron chi connectivity index (χ0n) is 14.8. The molecule has 0 bridgehead atoms. The number of benzene rings is 2. The molecule has 23 heavy (non-hydrogen) atoms. The minimum atomic E-state index is 0.0867. The van der Waals surface area contributed by atoms with Crippen molar-refractivity contribution < 1.29 is 4.79 Å². The second-order valence-corrected chi connectivity index (χ2v) is 6.69. The summed E-state index contributed by atoms with van der Waals surface area (Å²) in [6, 6.07) is 17.1. The molecule has 1 amide bonds. The topological polar surface area (TPSA) is 20.3 Å². The monoisotopic (exact) mass is 309 g/mol. The van der Waals surface area contributed by atoms with Gasteiger partial charge in [-0.1, -0.05) is 69.3 Å². The van der Waals surface area contributed by atoms with Gasteiger partial charge in [0, 0.05) is 20.5 Å². The van der Waals surface area contributed by atoms with E-state index in [1.54, 1.807) is 11.8 Å². The predicted octanol–water partition coefficient (Wildman–Crippen LogP) is 5.09. The molecule has 0 aliphatic heterocycles. The van der Waals surface area contributed by atoms with Crippen molar-refractivity contribution in [3.05, 3.63) is 59.7 Å². The van der Waals surface area contributed by atoms with Crippen LogP contribution in [0.1, 0.15) is 44.7 Å². The molecule has 0 N–H and O–H groups in total. The third-order valence-corrected chi connectivity index (χ3v) is 4.69.